The molecule has 0 amide bonds. The molecule has 11 aromatic carbocycles. The molecule has 1 heterocycles. The average molecular weight is 779 g/mol. The lowest BCUT2D eigenvalue weighted by Crippen LogP contribution is -2.11. The van der Waals surface area contributed by atoms with E-state index in [1.807, 2.05) is 0 Å². The van der Waals surface area contributed by atoms with E-state index in [1.54, 1.807) is 0 Å². The van der Waals surface area contributed by atoms with Gasteiger partial charge in [0.1, 0.15) is 5.58 Å². The maximum atomic E-state index is 6.96. The molecule has 12 rings (SSSR count). The summed E-state index contributed by atoms with van der Waals surface area (Å²) in [5.74, 6) is 0. The van der Waals surface area contributed by atoms with E-state index in [4.69, 9.17) is 4.42 Å². The van der Waals surface area contributed by atoms with Crippen molar-refractivity contribution in [3.63, 3.8) is 0 Å². The molecule has 1 aromatic heterocycles. The van der Waals surface area contributed by atoms with Crippen molar-refractivity contribution in [3.05, 3.63) is 231 Å². The van der Waals surface area contributed by atoms with Gasteiger partial charge in [0.05, 0.1) is 11.4 Å². The molecule has 0 aliphatic rings. The Balaban J connectivity index is 1.08. The van der Waals surface area contributed by atoms with Gasteiger partial charge in [-0.2, -0.15) is 0 Å². The van der Waals surface area contributed by atoms with Crippen molar-refractivity contribution in [1.82, 2.24) is 0 Å². The molecule has 0 saturated carbocycles. The normalized spacial score (nSPS) is 11.6. The molecule has 0 radical (unpaired) electrons. The number of benzene rings is 11. The van der Waals surface area contributed by atoms with Gasteiger partial charge in [-0.25, -0.2) is 0 Å². The van der Waals surface area contributed by atoms with Crippen LogP contribution >= 0.6 is 0 Å². The zero-order valence-corrected chi connectivity index (χ0v) is 33.2. The molecule has 0 unspecified atom stereocenters. The van der Waals surface area contributed by atoms with E-state index < -0.39 is 0 Å². The first-order chi connectivity index (χ1) is 30.3. The maximum Gasteiger partial charge on any atom is 0.160 e. The first-order valence-electron chi connectivity index (χ1n) is 20.9. The van der Waals surface area contributed by atoms with Crippen LogP contribution in [0.4, 0.5) is 34.1 Å². The Kier molecular flexibility index (Phi) is 8.17. The first kappa shape index (κ1) is 34.9. The van der Waals surface area contributed by atoms with Gasteiger partial charge in [0, 0.05) is 44.3 Å². The quantitative estimate of drug-likeness (QED) is 0.150. The molecule has 0 aliphatic heterocycles. The van der Waals surface area contributed by atoms with Crippen LogP contribution in [0.15, 0.2) is 235 Å². The highest BCUT2D eigenvalue weighted by molar-refractivity contribution is 6.29. The van der Waals surface area contributed by atoms with Crippen LogP contribution in [0.5, 0.6) is 0 Å². The summed E-state index contributed by atoms with van der Waals surface area (Å²) >= 11 is 0. The molecular weight excluding hydrogens is 741 g/mol. The maximum absolute atomic E-state index is 6.96. The van der Waals surface area contributed by atoms with Gasteiger partial charge in [0.2, 0.25) is 0 Å². The molecule has 3 heteroatoms. The molecule has 12 aromatic rings. The predicted octanol–water partition coefficient (Wildman–Crippen LogP) is 16.8. The van der Waals surface area contributed by atoms with Crippen LogP contribution in [-0.2, 0) is 0 Å². The van der Waals surface area contributed by atoms with Gasteiger partial charge in [-0.3, -0.25) is 0 Å². The Morgan fingerprint density at radius 1 is 0.311 bits per heavy atom. The van der Waals surface area contributed by atoms with E-state index in [0.717, 1.165) is 67.0 Å². The monoisotopic (exact) mass is 778 g/mol. The molecule has 0 aliphatic carbocycles. The number of hydrogen-bond donors (Lipinski definition) is 0. The van der Waals surface area contributed by atoms with Crippen molar-refractivity contribution in [2.24, 2.45) is 0 Å². The van der Waals surface area contributed by atoms with E-state index in [0.29, 0.717) is 0 Å². The standard InChI is InChI=1S/C58H38N2O/c1-4-20-42(21-5-1)59(52-38-41-19-11-13-27-47(41)56-55-46-26-12-10-18-39(46)34-37-53(55)61-58(52)56)45-35-32-40(33-36-45)54-48-28-14-16-30-50(48)57(51-31-17-15-29-49(51)54)60(43-22-6-2-7-23-43)44-24-8-3-9-25-44/h1-38H. The van der Waals surface area contributed by atoms with Crippen LogP contribution in [0.25, 0.3) is 76.2 Å². The zero-order chi connectivity index (χ0) is 40.3. The lowest BCUT2D eigenvalue weighted by atomic mass is 9.89. The second-order valence-corrected chi connectivity index (χ2v) is 15.6. The topological polar surface area (TPSA) is 19.6 Å². The molecule has 286 valence electrons. The van der Waals surface area contributed by atoms with Crippen molar-refractivity contribution < 1.29 is 4.42 Å². The van der Waals surface area contributed by atoms with Crippen molar-refractivity contribution in [2.75, 3.05) is 9.80 Å². The van der Waals surface area contributed by atoms with Gasteiger partial charge in [0.25, 0.3) is 0 Å². The minimum atomic E-state index is 0.868. The van der Waals surface area contributed by atoms with Crippen molar-refractivity contribution in [2.45, 2.75) is 0 Å². The smallest absolute Gasteiger partial charge is 0.160 e. The summed E-state index contributed by atoms with van der Waals surface area (Å²) in [5.41, 5.74) is 10.6. The largest absolute Gasteiger partial charge is 0.454 e. The van der Waals surface area contributed by atoms with Crippen LogP contribution in [-0.4, -0.2) is 0 Å². The Labute approximate surface area is 353 Å². The fourth-order valence-corrected chi connectivity index (χ4v) is 9.54. The third-order valence-corrected chi connectivity index (χ3v) is 12.2. The van der Waals surface area contributed by atoms with Gasteiger partial charge in [0.15, 0.2) is 5.58 Å². The fraction of sp³-hybridized carbons (Fsp3) is 0. The Morgan fingerprint density at radius 3 is 1.33 bits per heavy atom. The highest BCUT2D eigenvalue weighted by atomic mass is 16.3. The molecule has 0 fully saturated rings. The number of nitrogens with zero attached hydrogens (tertiary/aromatic N) is 2. The SMILES string of the molecule is c1ccc(N(c2ccccc2)c2c3ccccc3c(-c3ccc(N(c4ccccc4)c4cc5ccccc5c5c4oc4ccc6ccccc6c45)cc3)c3ccccc23)cc1. The van der Waals surface area contributed by atoms with Crippen molar-refractivity contribution in [3.8, 4) is 11.1 Å². The molecule has 0 atom stereocenters. The third-order valence-electron chi connectivity index (χ3n) is 12.2. The number of fused-ring (bicyclic) bond motifs is 9. The highest BCUT2D eigenvalue weighted by Crippen LogP contribution is 2.50. The van der Waals surface area contributed by atoms with Gasteiger partial charge in [-0.1, -0.05) is 170 Å². The van der Waals surface area contributed by atoms with E-state index >= 15 is 0 Å². The summed E-state index contributed by atoms with van der Waals surface area (Å²) in [6.07, 6.45) is 0. The summed E-state index contributed by atoms with van der Waals surface area (Å²) in [6.45, 7) is 0. The molecular formula is C58H38N2O. The summed E-state index contributed by atoms with van der Waals surface area (Å²) in [6, 6.07) is 82.7. The van der Waals surface area contributed by atoms with Gasteiger partial charge >= 0.3 is 0 Å². The average Bonchev–Trinajstić information content (AvgIpc) is 3.74. The van der Waals surface area contributed by atoms with E-state index in [2.05, 4.69) is 240 Å². The molecule has 0 N–H and O–H groups in total. The number of hydrogen-bond acceptors (Lipinski definition) is 3. The minimum Gasteiger partial charge on any atom is -0.454 e. The predicted molar refractivity (Wildman–Crippen MR) is 259 cm³/mol. The second-order valence-electron chi connectivity index (χ2n) is 15.6. The van der Waals surface area contributed by atoms with E-state index in [9.17, 15) is 0 Å². The van der Waals surface area contributed by atoms with E-state index in [-0.39, 0.29) is 0 Å². The number of anilines is 6. The molecule has 61 heavy (non-hydrogen) atoms. The van der Waals surface area contributed by atoms with Crippen LogP contribution in [0.2, 0.25) is 0 Å². The minimum absolute atomic E-state index is 0.868. The molecule has 0 bridgehead atoms. The fourth-order valence-electron chi connectivity index (χ4n) is 9.54. The van der Waals surface area contributed by atoms with Gasteiger partial charge in [-0.15, -0.1) is 0 Å². The van der Waals surface area contributed by atoms with Crippen molar-refractivity contribution in [1.29, 1.82) is 0 Å². The zero-order valence-electron chi connectivity index (χ0n) is 33.2. The summed E-state index contributed by atoms with van der Waals surface area (Å²) in [7, 11) is 0. The van der Waals surface area contributed by atoms with Crippen LogP contribution < -0.4 is 9.80 Å². The van der Waals surface area contributed by atoms with E-state index in [1.165, 1.54) is 43.3 Å². The molecule has 0 spiro atoms. The Bertz CT molecular complexity index is 3480. The van der Waals surface area contributed by atoms with Crippen LogP contribution in [0.1, 0.15) is 0 Å². The third kappa shape index (κ3) is 5.66. The lowest BCUT2D eigenvalue weighted by Gasteiger charge is -2.29. The van der Waals surface area contributed by atoms with Crippen molar-refractivity contribution >= 4 is 99.2 Å². The number of furan rings is 1. The molecule has 3 nitrogen and oxygen atoms in total. The van der Waals surface area contributed by atoms with Gasteiger partial charge in [-0.05, 0) is 104 Å². The molecule has 0 saturated heterocycles. The summed E-state index contributed by atoms with van der Waals surface area (Å²) in [4.78, 5) is 4.75. The number of para-hydroxylation sites is 3. The first-order valence-corrected chi connectivity index (χ1v) is 20.9. The Hall–Kier alpha value is -8.14. The number of rotatable bonds is 7. The Morgan fingerprint density at radius 2 is 0.754 bits per heavy atom. The highest BCUT2D eigenvalue weighted by Gasteiger charge is 2.25. The van der Waals surface area contributed by atoms with Gasteiger partial charge < -0.3 is 14.2 Å². The summed E-state index contributed by atoms with van der Waals surface area (Å²) < 4.78 is 6.96. The summed E-state index contributed by atoms with van der Waals surface area (Å²) in [5, 5.41) is 11.8. The van der Waals surface area contributed by atoms with Crippen LogP contribution in [0.3, 0.4) is 0 Å². The second kappa shape index (κ2) is 14.3. The van der Waals surface area contributed by atoms with Crippen LogP contribution in [0, 0.1) is 0 Å². The lowest BCUT2D eigenvalue weighted by molar-refractivity contribution is 0.669.